The average Bonchev–Trinajstić information content (AvgIpc) is 2.23. The summed E-state index contributed by atoms with van der Waals surface area (Å²) < 4.78 is 0. The lowest BCUT2D eigenvalue weighted by Crippen LogP contribution is -2.51. The lowest BCUT2D eigenvalue weighted by molar-refractivity contribution is -0.124. The highest BCUT2D eigenvalue weighted by atomic mass is 16.2. The maximum absolute atomic E-state index is 11.5. The van der Waals surface area contributed by atoms with Crippen molar-refractivity contribution >= 4 is 5.91 Å². The Balaban J connectivity index is 1.79. The summed E-state index contributed by atoms with van der Waals surface area (Å²) in [7, 11) is 0. The fourth-order valence-corrected chi connectivity index (χ4v) is 2.48. The van der Waals surface area contributed by atoms with Crippen molar-refractivity contribution in [3.8, 4) is 0 Å². The van der Waals surface area contributed by atoms with E-state index in [2.05, 4.69) is 10.6 Å². The number of amides is 1. The smallest absolute Gasteiger partial charge is 0.237 e. The third-order valence-corrected chi connectivity index (χ3v) is 3.33. The van der Waals surface area contributed by atoms with Gasteiger partial charge in [0.05, 0.1) is 6.04 Å². The van der Waals surface area contributed by atoms with Crippen LogP contribution in [0.3, 0.4) is 0 Å². The summed E-state index contributed by atoms with van der Waals surface area (Å²) >= 11 is 0. The van der Waals surface area contributed by atoms with Crippen molar-refractivity contribution < 1.29 is 4.79 Å². The van der Waals surface area contributed by atoms with Crippen LogP contribution in [-0.4, -0.2) is 24.5 Å². The molecule has 0 aromatic rings. The highest BCUT2D eigenvalue weighted by molar-refractivity contribution is 5.82. The predicted molar refractivity (Wildman–Crippen MR) is 56.0 cm³/mol. The first-order chi connectivity index (χ1) is 6.86. The molecule has 2 N–H and O–H groups in total. The van der Waals surface area contributed by atoms with Crippen LogP contribution in [0.4, 0.5) is 0 Å². The molecule has 0 spiro atoms. The average molecular weight is 196 g/mol. The SMILES string of the molecule is O=C1NCCC[C@H]1NC1CCCCC1. The van der Waals surface area contributed by atoms with Crippen LogP contribution in [0, 0.1) is 0 Å². The third kappa shape index (κ3) is 2.47. The molecule has 2 fully saturated rings. The first-order valence-corrected chi connectivity index (χ1v) is 5.90. The Morgan fingerprint density at radius 1 is 1.07 bits per heavy atom. The minimum Gasteiger partial charge on any atom is -0.355 e. The second-order valence-corrected chi connectivity index (χ2v) is 4.49. The molecule has 0 aromatic carbocycles. The summed E-state index contributed by atoms with van der Waals surface area (Å²) in [6.07, 6.45) is 8.67. The maximum atomic E-state index is 11.5. The first kappa shape index (κ1) is 9.97. The third-order valence-electron chi connectivity index (χ3n) is 3.33. The minimum absolute atomic E-state index is 0.0897. The molecule has 1 heterocycles. The number of hydrogen-bond donors (Lipinski definition) is 2. The highest BCUT2D eigenvalue weighted by Gasteiger charge is 2.25. The van der Waals surface area contributed by atoms with Crippen molar-refractivity contribution in [1.29, 1.82) is 0 Å². The van der Waals surface area contributed by atoms with Crippen molar-refractivity contribution in [3.05, 3.63) is 0 Å². The van der Waals surface area contributed by atoms with E-state index in [4.69, 9.17) is 0 Å². The van der Waals surface area contributed by atoms with Crippen LogP contribution < -0.4 is 10.6 Å². The van der Waals surface area contributed by atoms with Crippen molar-refractivity contribution in [2.75, 3.05) is 6.54 Å². The van der Waals surface area contributed by atoms with Gasteiger partial charge in [-0.25, -0.2) is 0 Å². The van der Waals surface area contributed by atoms with E-state index in [0.29, 0.717) is 6.04 Å². The Kier molecular flexibility index (Phi) is 3.40. The Hall–Kier alpha value is -0.570. The Morgan fingerprint density at radius 3 is 2.57 bits per heavy atom. The maximum Gasteiger partial charge on any atom is 0.237 e. The van der Waals surface area contributed by atoms with E-state index in [1.165, 1.54) is 32.1 Å². The first-order valence-electron chi connectivity index (χ1n) is 5.90. The van der Waals surface area contributed by atoms with Crippen LogP contribution in [0.1, 0.15) is 44.9 Å². The zero-order valence-electron chi connectivity index (χ0n) is 8.72. The van der Waals surface area contributed by atoms with Crippen molar-refractivity contribution in [1.82, 2.24) is 10.6 Å². The van der Waals surface area contributed by atoms with Crippen molar-refractivity contribution in [2.45, 2.75) is 57.0 Å². The molecule has 0 aromatic heterocycles. The molecule has 1 aliphatic heterocycles. The molecule has 1 saturated carbocycles. The van der Waals surface area contributed by atoms with Gasteiger partial charge in [0.15, 0.2) is 0 Å². The van der Waals surface area contributed by atoms with E-state index in [1.54, 1.807) is 0 Å². The lowest BCUT2D eigenvalue weighted by atomic mass is 9.94. The standard InChI is InChI=1S/C11H20N2O/c14-11-10(7-4-8-12-11)13-9-5-2-1-3-6-9/h9-10,13H,1-8H2,(H,12,14)/t10-/m1/s1. The monoisotopic (exact) mass is 196 g/mol. The largest absolute Gasteiger partial charge is 0.355 e. The molecule has 1 atom stereocenters. The second kappa shape index (κ2) is 4.78. The number of nitrogens with one attached hydrogen (secondary N) is 2. The Morgan fingerprint density at radius 2 is 1.86 bits per heavy atom. The molecule has 0 radical (unpaired) electrons. The van der Waals surface area contributed by atoms with Gasteiger partial charge < -0.3 is 10.6 Å². The summed E-state index contributed by atoms with van der Waals surface area (Å²) in [6, 6.07) is 0.685. The van der Waals surface area contributed by atoms with Crippen LogP contribution in [0.15, 0.2) is 0 Å². The van der Waals surface area contributed by atoms with Gasteiger partial charge in [0.25, 0.3) is 0 Å². The van der Waals surface area contributed by atoms with E-state index in [0.717, 1.165) is 19.4 Å². The number of carbonyl (C=O) groups is 1. The minimum atomic E-state index is 0.0897. The highest BCUT2D eigenvalue weighted by Crippen LogP contribution is 2.18. The normalized spacial score (nSPS) is 30.0. The summed E-state index contributed by atoms with van der Waals surface area (Å²) in [5, 5.41) is 6.42. The Labute approximate surface area is 85.6 Å². The van der Waals surface area contributed by atoms with Crippen LogP contribution in [0.5, 0.6) is 0 Å². The summed E-state index contributed by atoms with van der Waals surface area (Å²) in [5.41, 5.74) is 0. The van der Waals surface area contributed by atoms with Gasteiger partial charge in [0, 0.05) is 12.6 Å². The van der Waals surface area contributed by atoms with Gasteiger partial charge in [-0.15, -0.1) is 0 Å². The van der Waals surface area contributed by atoms with Gasteiger partial charge in [-0.2, -0.15) is 0 Å². The molecule has 1 amide bonds. The van der Waals surface area contributed by atoms with Crippen LogP contribution in [-0.2, 0) is 4.79 Å². The molecule has 1 aliphatic carbocycles. The molecule has 3 nitrogen and oxygen atoms in total. The number of piperidine rings is 1. The van der Waals surface area contributed by atoms with Gasteiger partial charge in [-0.05, 0) is 25.7 Å². The number of rotatable bonds is 2. The fourth-order valence-electron chi connectivity index (χ4n) is 2.48. The molecule has 2 aliphatic rings. The molecule has 0 unspecified atom stereocenters. The predicted octanol–water partition coefficient (Wildman–Crippen LogP) is 1.19. The number of carbonyl (C=O) groups excluding carboxylic acids is 1. The molecular formula is C11H20N2O. The van der Waals surface area contributed by atoms with E-state index in [1.807, 2.05) is 0 Å². The molecular weight excluding hydrogens is 176 g/mol. The zero-order chi connectivity index (χ0) is 9.80. The van der Waals surface area contributed by atoms with E-state index in [9.17, 15) is 4.79 Å². The van der Waals surface area contributed by atoms with Gasteiger partial charge in [-0.1, -0.05) is 19.3 Å². The van der Waals surface area contributed by atoms with Gasteiger partial charge >= 0.3 is 0 Å². The molecule has 80 valence electrons. The van der Waals surface area contributed by atoms with E-state index in [-0.39, 0.29) is 11.9 Å². The van der Waals surface area contributed by atoms with Gasteiger partial charge in [-0.3, -0.25) is 4.79 Å². The molecule has 0 bridgehead atoms. The summed E-state index contributed by atoms with van der Waals surface area (Å²) in [5.74, 6) is 0.210. The lowest BCUT2D eigenvalue weighted by Gasteiger charge is -2.30. The van der Waals surface area contributed by atoms with Crippen molar-refractivity contribution in [3.63, 3.8) is 0 Å². The van der Waals surface area contributed by atoms with Gasteiger partial charge in [0.1, 0.15) is 0 Å². The second-order valence-electron chi connectivity index (χ2n) is 4.49. The van der Waals surface area contributed by atoms with Crippen LogP contribution in [0.25, 0.3) is 0 Å². The summed E-state index contributed by atoms with van der Waals surface area (Å²) in [4.78, 5) is 11.5. The molecule has 1 saturated heterocycles. The Bertz CT molecular complexity index is 199. The fraction of sp³-hybridized carbons (Fsp3) is 0.909. The molecule has 2 rings (SSSR count). The zero-order valence-corrected chi connectivity index (χ0v) is 8.72. The van der Waals surface area contributed by atoms with E-state index >= 15 is 0 Å². The summed E-state index contributed by atoms with van der Waals surface area (Å²) in [6.45, 7) is 0.863. The van der Waals surface area contributed by atoms with Crippen LogP contribution >= 0.6 is 0 Å². The molecule has 14 heavy (non-hydrogen) atoms. The van der Waals surface area contributed by atoms with Crippen molar-refractivity contribution in [2.24, 2.45) is 0 Å². The molecule has 3 heteroatoms. The quantitative estimate of drug-likeness (QED) is 0.696. The van der Waals surface area contributed by atoms with Gasteiger partial charge in [0.2, 0.25) is 5.91 Å². The van der Waals surface area contributed by atoms with E-state index < -0.39 is 0 Å². The topological polar surface area (TPSA) is 41.1 Å². The number of hydrogen-bond acceptors (Lipinski definition) is 2. The van der Waals surface area contributed by atoms with Crippen LogP contribution in [0.2, 0.25) is 0 Å².